The maximum Gasteiger partial charge on any atom is -0.0278 e. The Morgan fingerprint density at radius 1 is 0.778 bits per heavy atom. The summed E-state index contributed by atoms with van der Waals surface area (Å²) in [4.78, 5) is 2.33. The SMILES string of the molecule is CC(C)(C)[Si](OC/C=C/C=C/CCCN([CH]=[Cr])Cc1ccccc1)(c1ccccc1)c1ccccc1. The molecule has 0 aliphatic rings. The first-order chi connectivity index (χ1) is 17.5. The van der Waals surface area contributed by atoms with Gasteiger partial charge in [-0.25, -0.2) is 0 Å². The Morgan fingerprint density at radius 3 is 1.83 bits per heavy atom. The van der Waals surface area contributed by atoms with Crippen LogP contribution in [0.3, 0.4) is 0 Å². The Labute approximate surface area is 227 Å². The van der Waals surface area contributed by atoms with Crippen LogP contribution in [-0.4, -0.2) is 31.4 Å². The van der Waals surface area contributed by atoms with E-state index in [1.165, 1.54) is 15.9 Å². The minimum absolute atomic E-state index is 0.00126. The Bertz CT molecular complexity index is 1050. The van der Waals surface area contributed by atoms with Gasteiger partial charge >= 0.3 is 131 Å². The van der Waals surface area contributed by atoms with Crippen molar-refractivity contribution in [2.75, 3.05) is 13.2 Å². The van der Waals surface area contributed by atoms with Crippen molar-refractivity contribution >= 4 is 23.7 Å². The van der Waals surface area contributed by atoms with Gasteiger partial charge in [0.05, 0.1) is 0 Å². The van der Waals surface area contributed by atoms with Gasteiger partial charge in [-0.2, -0.15) is 0 Å². The first kappa shape index (κ1) is 28.3. The zero-order chi connectivity index (χ0) is 25.7. The molecule has 0 saturated heterocycles. The number of rotatable bonds is 13. The zero-order valence-corrected chi connectivity index (χ0v) is 24.1. The van der Waals surface area contributed by atoms with E-state index in [0.717, 1.165) is 25.9 Å². The summed E-state index contributed by atoms with van der Waals surface area (Å²) in [7, 11) is -2.47. The second kappa shape index (κ2) is 14.4. The molecule has 0 bridgehead atoms. The Morgan fingerprint density at radius 2 is 1.31 bits per heavy atom. The number of nitrogens with zero attached hydrogens (tertiary/aromatic N) is 1. The van der Waals surface area contributed by atoms with Crippen LogP contribution in [0.25, 0.3) is 0 Å². The van der Waals surface area contributed by atoms with Crippen LogP contribution >= 0.6 is 0 Å². The van der Waals surface area contributed by atoms with E-state index in [-0.39, 0.29) is 5.04 Å². The Kier molecular flexibility index (Phi) is 11.3. The molecule has 0 aliphatic heterocycles. The molecule has 0 amide bonds. The van der Waals surface area contributed by atoms with E-state index in [1.807, 2.05) is 0 Å². The molecule has 3 aromatic carbocycles. The number of hydrogen-bond donors (Lipinski definition) is 0. The summed E-state index contributed by atoms with van der Waals surface area (Å²) in [6, 6.07) is 32.2. The van der Waals surface area contributed by atoms with E-state index in [1.54, 1.807) is 0 Å². The molecule has 0 saturated carbocycles. The van der Waals surface area contributed by atoms with E-state index >= 15 is 0 Å². The van der Waals surface area contributed by atoms with Gasteiger partial charge < -0.3 is 0 Å². The second-order valence-electron chi connectivity index (χ2n) is 10.0. The summed E-state index contributed by atoms with van der Waals surface area (Å²) in [5.41, 5.74) is 1.34. The summed E-state index contributed by atoms with van der Waals surface area (Å²) >= 11 is 3.05. The molecule has 0 fully saturated rings. The third-order valence-corrected chi connectivity index (χ3v) is 11.9. The van der Waals surface area contributed by atoms with Crippen LogP contribution in [0.15, 0.2) is 115 Å². The maximum atomic E-state index is 6.90. The predicted octanol–water partition coefficient (Wildman–Crippen LogP) is 6.26. The van der Waals surface area contributed by atoms with Gasteiger partial charge in [-0.1, -0.05) is 81.4 Å². The normalized spacial score (nSPS) is 12.6. The standard InChI is InChI=1S/C32H39NOSi.Cr/c1-32(2,3)35(30-22-14-10-15-23-30,31-24-16-11-17-25-31)34-27-19-8-6-5-7-18-26-33(4)28-29-20-12-9-13-21-29;/h4-6,8-17,19-25H,7,18,26-28H2,1-3H3;/b6-5+,19-8+;. The van der Waals surface area contributed by atoms with Crippen molar-refractivity contribution in [3.8, 4) is 0 Å². The van der Waals surface area contributed by atoms with Gasteiger partial charge in [0.2, 0.25) is 0 Å². The zero-order valence-electron chi connectivity index (χ0n) is 21.8. The average Bonchev–Trinajstić information content (AvgIpc) is 2.90. The molecule has 188 valence electrons. The van der Waals surface area contributed by atoms with Crippen molar-refractivity contribution < 1.29 is 20.3 Å². The smallest absolute Gasteiger partial charge is 0.0278 e. The van der Waals surface area contributed by atoms with Crippen molar-refractivity contribution in [1.29, 1.82) is 0 Å². The first-order valence-electron chi connectivity index (χ1n) is 12.8. The van der Waals surface area contributed by atoms with Crippen molar-refractivity contribution in [1.82, 2.24) is 4.90 Å². The van der Waals surface area contributed by atoms with Gasteiger partial charge in [0.25, 0.3) is 0 Å². The minimum Gasteiger partial charge on any atom is -0.0623 e. The molecule has 0 spiro atoms. The van der Waals surface area contributed by atoms with Crippen LogP contribution in [0.1, 0.15) is 39.2 Å². The van der Waals surface area contributed by atoms with Crippen molar-refractivity contribution in [3.63, 3.8) is 0 Å². The van der Waals surface area contributed by atoms with Crippen LogP contribution in [0.5, 0.6) is 0 Å². The monoisotopic (exact) mass is 533 g/mol. The molecule has 3 rings (SSSR count). The average molecular weight is 534 g/mol. The Balaban J connectivity index is 1.56. The van der Waals surface area contributed by atoms with E-state index in [9.17, 15) is 0 Å². The van der Waals surface area contributed by atoms with Crippen LogP contribution in [0.4, 0.5) is 0 Å². The topological polar surface area (TPSA) is 12.5 Å². The van der Waals surface area contributed by atoms with Crippen LogP contribution in [-0.2, 0) is 26.8 Å². The molecule has 0 unspecified atom stereocenters. The fraction of sp³-hybridized carbons (Fsp3) is 0.281. The molecule has 3 aromatic rings. The van der Waals surface area contributed by atoms with Crippen molar-refractivity contribution in [2.24, 2.45) is 0 Å². The van der Waals surface area contributed by atoms with Crippen molar-refractivity contribution in [2.45, 2.75) is 45.2 Å². The molecule has 0 N–H and O–H groups in total. The molecule has 0 heterocycles. The Hall–Kier alpha value is -2.32. The first-order valence-corrected chi connectivity index (χ1v) is 15.4. The van der Waals surface area contributed by atoms with Gasteiger partial charge in [0, 0.05) is 0 Å². The third-order valence-electron chi connectivity index (χ3n) is 6.39. The van der Waals surface area contributed by atoms with Gasteiger partial charge in [-0.05, 0) is 15.4 Å². The molecule has 0 aliphatic carbocycles. The maximum absolute atomic E-state index is 6.90. The number of benzene rings is 3. The molecule has 0 atom stereocenters. The summed E-state index contributed by atoms with van der Waals surface area (Å²) < 4.78 is 6.90. The molecule has 2 nitrogen and oxygen atoms in total. The van der Waals surface area contributed by atoms with Crippen molar-refractivity contribution in [3.05, 3.63) is 121 Å². The van der Waals surface area contributed by atoms with Gasteiger partial charge in [-0.15, -0.1) is 0 Å². The molecule has 0 radical (unpaired) electrons. The summed E-state index contributed by atoms with van der Waals surface area (Å²) in [5, 5.41) is 4.70. The largest absolute Gasteiger partial charge is 0.0623 e. The fourth-order valence-electron chi connectivity index (χ4n) is 4.64. The van der Waals surface area contributed by atoms with E-state index in [0.29, 0.717) is 6.61 Å². The number of allylic oxidation sites excluding steroid dienone is 3. The molecule has 4 heteroatoms. The quantitative estimate of drug-likeness (QED) is 0.146. The van der Waals surface area contributed by atoms with Crippen LogP contribution < -0.4 is 10.4 Å². The van der Waals surface area contributed by atoms with E-state index in [4.69, 9.17) is 4.43 Å². The van der Waals surface area contributed by atoms with Crippen LogP contribution in [0, 0.1) is 0 Å². The summed E-state index contributed by atoms with van der Waals surface area (Å²) in [6.07, 6.45) is 10.8. The molecular formula is C32H39CrNOSi. The van der Waals surface area contributed by atoms with E-state index < -0.39 is 8.32 Å². The minimum atomic E-state index is -2.47. The van der Waals surface area contributed by atoms with Crippen LogP contribution in [0.2, 0.25) is 5.04 Å². The van der Waals surface area contributed by atoms with E-state index in [2.05, 4.69) is 162 Å². The third kappa shape index (κ3) is 7.84. The van der Waals surface area contributed by atoms with Gasteiger partial charge in [0.15, 0.2) is 0 Å². The molecule has 36 heavy (non-hydrogen) atoms. The summed E-state index contributed by atoms with van der Waals surface area (Å²) in [5.74, 6) is 0. The van der Waals surface area contributed by atoms with Gasteiger partial charge in [-0.3, -0.25) is 0 Å². The number of unbranched alkanes of at least 4 members (excludes halogenated alkanes) is 1. The summed E-state index contributed by atoms with van der Waals surface area (Å²) in [6.45, 7) is 9.52. The predicted molar refractivity (Wildman–Crippen MR) is 154 cm³/mol. The van der Waals surface area contributed by atoms with Gasteiger partial charge in [0.1, 0.15) is 0 Å². The number of hydrogen-bond acceptors (Lipinski definition) is 2. The molecule has 0 aromatic heterocycles. The fourth-order valence-corrected chi connectivity index (χ4v) is 9.43. The molecular weight excluding hydrogens is 494 g/mol. The second-order valence-corrected chi connectivity index (χ2v) is 14.7.